The highest BCUT2D eigenvalue weighted by Gasteiger charge is 2.12. The van der Waals surface area contributed by atoms with Gasteiger partial charge in [-0.1, -0.05) is 15.9 Å². The standard InChI is InChI=1S/C4H3BrN2O/c5-3-1-6-7-4(3)2-8/h1-3H. The summed E-state index contributed by atoms with van der Waals surface area (Å²) in [4.78, 5) is 9.91. The van der Waals surface area contributed by atoms with Crippen molar-refractivity contribution in [1.29, 1.82) is 0 Å². The van der Waals surface area contributed by atoms with Crippen molar-refractivity contribution in [2.24, 2.45) is 10.2 Å². The van der Waals surface area contributed by atoms with Crippen molar-refractivity contribution < 1.29 is 4.79 Å². The number of nitrogens with zero attached hydrogens (tertiary/aromatic N) is 2. The second-order valence-corrected chi connectivity index (χ2v) is 2.30. The Kier molecular flexibility index (Phi) is 1.53. The Morgan fingerprint density at radius 2 is 2.62 bits per heavy atom. The van der Waals surface area contributed by atoms with E-state index in [1.807, 2.05) is 0 Å². The molecule has 8 heavy (non-hydrogen) atoms. The van der Waals surface area contributed by atoms with Crippen molar-refractivity contribution in [2.45, 2.75) is 4.83 Å². The summed E-state index contributed by atoms with van der Waals surface area (Å²) in [6.45, 7) is 0. The maximum atomic E-state index is 9.98. The van der Waals surface area contributed by atoms with E-state index in [1.165, 1.54) is 0 Å². The maximum absolute atomic E-state index is 9.98. The number of halogens is 1. The Bertz CT molecular complexity index is 163. The molecular formula is C4H3BrN2O. The monoisotopic (exact) mass is 174 g/mol. The van der Waals surface area contributed by atoms with Crippen molar-refractivity contribution >= 4 is 34.1 Å². The van der Waals surface area contributed by atoms with Gasteiger partial charge in [-0.3, -0.25) is 4.79 Å². The molecule has 0 aliphatic carbocycles. The predicted molar refractivity (Wildman–Crippen MR) is 34.7 cm³/mol. The summed E-state index contributed by atoms with van der Waals surface area (Å²) < 4.78 is 0. The smallest absolute Gasteiger partial charge is 0.167 e. The van der Waals surface area contributed by atoms with Crippen LogP contribution in [-0.2, 0) is 4.79 Å². The number of rotatable bonds is 1. The first-order chi connectivity index (χ1) is 3.84. The van der Waals surface area contributed by atoms with Gasteiger partial charge in [-0.15, -0.1) is 0 Å². The lowest BCUT2D eigenvalue weighted by Gasteiger charge is -1.87. The quantitative estimate of drug-likeness (QED) is 0.419. The van der Waals surface area contributed by atoms with Crippen molar-refractivity contribution in [2.75, 3.05) is 0 Å². The molecule has 0 saturated carbocycles. The van der Waals surface area contributed by atoms with E-state index in [4.69, 9.17) is 0 Å². The molecule has 0 aromatic rings. The zero-order chi connectivity index (χ0) is 5.98. The fraction of sp³-hybridized carbons (Fsp3) is 0.250. The van der Waals surface area contributed by atoms with Crippen LogP contribution in [-0.4, -0.2) is 23.0 Å². The molecule has 4 heteroatoms. The Labute approximate surface area is 54.6 Å². The Hall–Kier alpha value is -0.510. The third-order valence-electron chi connectivity index (χ3n) is 0.774. The number of carbonyl (C=O) groups is 1. The van der Waals surface area contributed by atoms with Crippen LogP contribution in [0, 0.1) is 0 Å². The fourth-order valence-electron chi connectivity index (χ4n) is 0.379. The van der Waals surface area contributed by atoms with Gasteiger partial charge in [0.05, 0.1) is 4.83 Å². The summed E-state index contributed by atoms with van der Waals surface area (Å²) in [6, 6.07) is 0. The van der Waals surface area contributed by atoms with Gasteiger partial charge in [0.15, 0.2) is 6.29 Å². The van der Waals surface area contributed by atoms with Gasteiger partial charge < -0.3 is 0 Å². The van der Waals surface area contributed by atoms with E-state index in [0.717, 1.165) is 0 Å². The van der Waals surface area contributed by atoms with Crippen molar-refractivity contribution in [1.82, 2.24) is 0 Å². The van der Waals surface area contributed by atoms with Crippen LogP contribution in [0.3, 0.4) is 0 Å². The average molecular weight is 175 g/mol. The van der Waals surface area contributed by atoms with Crippen molar-refractivity contribution in [3.63, 3.8) is 0 Å². The molecule has 0 N–H and O–H groups in total. The summed E-state index contributed by atoms with van der Waals surface area (Å²) in [5.74, 6) is 0. The topological polar surface area (TPSA) is 41.8 Å². The van der Waals surface area contributed by atoms with Gasteiger partial charge in [-0.2, -0.15) is 10.2 Å². The van der Waals surface area contributed by atoms with Crippen LogP contribution in [0.5, 0.6) is 0 Å². The molecule has 0 fully saturated rings. The van der Waals surface area contributed by atoms with Crippen molar-refractivity contribution in [3.8, 4) is 0 Å². The molecule has 0 aromatic carbocycles. The van der Waals surface area contributed by atoms with Crippen LogP contribution in [0.4, 0.5) is 0 Å². The third-order valence-corrected chi connectivity index (χ3v) is 1.48. The van der Waals surface area contributed by atoms with Gasteiger partial charge in [0.25, 0.3) is 0 Å². The number of hydrogen-bond acceptors (Lipinski definition) is 3. The molecule has 42 valence electrons. The first-order valence-electron chi connectivity index (χ1n) is 2.05. The highest BCUT2D eigenvalue weighted by Crippen LogP contribution is 2.03. The number of carbonyl (C=O) groups excluding carboxylic acids is 1. The number of alkyl halides is 1. The van der Waals surface area contributed by atoms with Crippen LogP contribution in [0.1, 0.15) is 0 Å². The van der Waals surface area contributed by atoms with Crippen molar-refractivity contribution in [3.05, 3.63) is 0 Å². The van der Waals surface area contributed by atoms with E-state index >= 15 is 0 Å². The van der Waals surface area contributed by atoms with E-state index in [0.29, 0.717) is 12.0 Å². The molecule has 1 aliphatic rings. The number of hydrogen-bond donors (Lipinski definition) is 0. The lowest BCUT2D eigenvalue weighted by atomic mass is 10.3. The first-order valence-corrected chi connectivity index (χ1v) is 2.96. The second-order valence-electron chi connectivity index (χ2n) is 1.31. The summed E-state index contributed by atoms with van der Waals surface area (Å²) in [6.07, 6.45) is 2.25. The molecule has 1 atom stereocenters. The molecule has 1 rings (SSSR count). The van der Waals surface area contributed by atoms with Gasteiger partial charge in [0, 0.05) is 6.21 Å². The fourth-order valence-corrected chi connectivity index (χ4v) is 0.684. The van der Waals surface area contributed by atoms with Crippen LogP contribution < -0.4 is 0 Å². The Morgan fingerprint density at radius 3 is 2.88 bits per heavy atom. The summed E-state index contributed by atoms with van der Waals surface area (Å²) >= 11 is 3.15. The molecule has 1 aliphatic heterocycles. The third kappa shape index (κ3) is 0.838. The van der Waals surface area contributed by atoms with Gasteiger partial charge in [-0.25, -0.2) is 0 Å². The van der Waals surface area contributed by atoms with Crippen LogP contribution in [0.2, 0.25) is 0 Å². The van der Waals surface area contributed by atoms with Gasteiger partial charge in [-0.05, 0) is 0 Å². The molecule has 0 spiro atoms. The zero-order valence-electron chi connectivity index (χ0n) is 3.91. The summed E-state index contributed by atoms with van der Waals surface area (Å²) in [5.41, 5.74) is 0.435. The van der Waals surface area contributed by atoms with E-state index in [9.17, 15) is 4.79 Å². The zero-order valence-corrected chi connectivity index (χ0v) is 5.50. The molecule has 1 heterocycles. The normalized spacial score (nSPS) is 25.6. The summed E-state index contributed by atoms with van der Waals surface area (Å²) in [7, 11) is 0. The molecule has 3 nitrogen and oxygen atoms in total. The molecule has 1 unspecified atom stereocenters. The minimum absolute atomic E-state index is 0.0694. The lowest BCUT2D eigenvalue weighted by Crippen LogP contribution is -2.11. The molecule has 0 saturated heterocycles. The van der Waals surface area contributed by atoms with Gasteiger partial charge in [0.1, 0.15) is 5.71 Å². The molecule has 0 radical (unpaired) electrons. The van der Waals surface area contributed by atoms with E-state index in [1.54, 1.807) is 6.21 Å². The molecule has 0 amide bonds. The molecular weight excluding hydrogens is 172 g/mol. The summed E-state index contributed by atoms with van der Waals surface area (Å²) in [5, 5.41) is 7.01. The van der Waals surface area contributed by atoms with E-state index in [-0.39, 0.29) is 4.83 Å². The molecule has 0 bridgehead atoms. The van der Waals surface area contributed by atoms with Crippen LogP contribution in [0.15, 0.2) is 10.2 Å². The van der Waals surface area contributed by atoms with E-state index < -0.39 is 0 Å². The SMILES string of the molecule is O=CC1=NN=CC1Br. The van der Waals surface area contributed by atoms with Crippen LogP contribution >= 0.6 is 15.9 Å². The Balaban J connectivity index is 2.72. The maximum Gasteiger partial charge on any atom is 0.167 e. The lowest BCUT2D eigenvalue weighted by molar-refractivity contribution is -0.102. The second kappa shape index (κ2) is 2.17. The Morgan fingerprint density at radius 1 is 1.88 bits per heavy atom. The largest absolute Gasteiger partial charge is 0.296 e. The minimum Gasteiger partial charge on any atom is -0.296 e. The predicted octanol–water partition coefficient (Wildman–Crippen LogP) is 0.389. The number of aldehydes is 1. The van der Waals surface area contributed by atoms with Crippen LogP contribution in [0.25, 0.3) is 0 Å². The minimum atomic E-state index is -0.0694. The van der Waals surface area contributed by atoms with Gasteiger partial charge >= 0.3 is 0 Å². The average Bonchev–Trinajstić information content (AvgIpc) is 2.14. The highest BCUT2D eigenvalue weighted by atomic mass is 79.9. The first kappa shape index (κ1) is 5.62. The molecule has 0 aromatic heterocycles. The van der Waals surface area contributed by atoms with E-state index in [2.05, 4.69) is 26.1 Å². The highest BCUT2D eigenvalue weighted by molar-refractivity contribution is 9.10. The van der Waals surface area contributed by atoms with Gasteiger partial charge in [0.2, 0.25) is 0 Å².